The lowest BCUT2D eigenvalue weighted by Crippen LogP contribution is -2.18. The van der Waals surface area contributed by atoms with E-state index in [1.54, 1.807) is 0 Å². The molecule has 3 nitrogen and oxygen atoms in total. The van der Waals surface area contributed by atoms with E-state index in [0.717, 1.165) is 68.6 Å². The van der Waals surface area contributed by atoms with Crippen LogP contribution in [0.3, 0.4) is 0 Å². The van der Waals surface area contributed by atoms with Gasteiger partial charge in [-0.1, -0.05) is 38.2 Å². The maximum atomic E-state index is 11.1. The molecule has 1 aliphatic rings. The van der Waals surface area contributed by atoms with Crippen LogP contribution in [0.25, 0.3) is 0 Å². The third kappa shape index (κ3) is 8.53. The number of esters is 1. The molecule has 0 aromatic carbocycles. The largest absolute Gasteiger partial charge is 0.469 e. The van der Waals surface area contributed by atoms with Gasteiger partial charge in [-0.2, -0.15) is 0 Å². The second kappa shape index (κ2) is 13.1. The van der Waals surface area contributed by atoms with E-state index in [1.807, 2.05) is 6.92 Å². The Kier molecular flexibility index (Phi) is 11.6. The predicted molar refractivity (Wildman–Crippen MR) is 109 cm³/mol. The lowest BCUT2D eigenvalue weighted by Gasteiger charge is -2.25. The van der Waals surface area contributed by atoms with E-state index in [4.69, 9.17) is 0 Å². The Balaban J connectivity index is 2.37. The molecule has 0 radical (unpaired) electrons. The van der Waals surface area contributed by atoms with Crippen LogP contribution < -0.4 is 0 Å². The van der Waals surface area contributed by atoms with Crippen molar-refractivity contribution in [1.82, 2.24) is 0 Å². The van der Waals surface area contributed by atoms with Gasteiger partial charge in [0.05, 0.1) is 13.2 Å². The Hall–Kier alpha value is -1.09. The maximum Gasteiger partial charge on any atom is 0.305 e. The molecule has 0 amide bonds. The third-order valence-electron chi connectivity index (χ3n) is 6.05. The Morgan fingerprint density at radius 1 is 1.12 bits per heavy atom. The number of rotatable bonds is 12. The van der Waals surface area contributed by atoms with Crippen LogP contribution in [0.2, 0.25) is 0 Å². The highest BCUT2D eigenvalue weighted by atomic mass is 16.5. The van der Waals surface area contributed by atoms with E-state index in [0.29, 0.717) is 6.42 Å². The maximum absolute atomic E-state index is 11.1. The molecule has 26 heavy (non-hydrogen) atoms. The van der Waals surface area contributed by atoms with Gasteiger partial charge in [0.15, 0.2) is 0 Å². The van der Waals surface area contributed by atoms with E-state index >= 15 is 0 Å². The lowest BCUT2D eigenvalue weighted by molar-refractivity contribution is -0.140. The van der Waals surface area contributed by atoms with Crippen LogP contribution in [-0.4, -0.2) is 24.3 Å². The summed E-state index contributed by atoms with van der Waals surface area (Å²) in [4.78, 5) is 11.1. The van der Waals surface area contributed by atoms with Gasteiger partial charge >= 0.3 is 5.97 Å². The zero-order valence-electron chi connectivity index (χ0n) is 17.3. The first kappa shape index (κ1) is 23.0. The van der Waals surface area contributed by atoms with Crippen molar-refractivity contribution in [2.75, 3.05) is 7.11 Å². The molecule has 0 aliphatic heterocycles. The molecular weight excluding hydrogens is 324 g/mol. The van der Waals surface area contributed by atoms with Crippen molar-refractivity contribution in [1.29, 1.82) is 0 Å². The first-order valence-corrected chi connectivity index (χ1v) is 10.5. The Morgan fingerprint density at radius 2 is 1.85 bits per heavy atom. The van der Waals surface area contributed by atoms with Crippen molar-refractivity contribution in [2.45, 2.75) is 84.7 Å². The van der Waals surface area contributed by atoms with Crippen LogP contribution in [-0.2, 0) is 9.53 Å². The molecule has 0 bridgehead atoms. The predicted octanol–water partition coefficient (Wildman–Crippen LogP) is 5.68. The molecular formula is C23H40O3. The number of allylic oxidation sites excluding steroid dienone is 4. The summed E-state index contributed by atoms with van der Waals surface area (Å²) >= 11 is 0. The smallest absolute Gasteiger partial charge is 0.305 e. The van der Waals surface area contributed by atoms with Crippen molar-refractivity contribution in [3.63, 3.8) is 0 Å². The Labute approximate surface area is 160 Å². The zero-order chi connectivity index (χ0) is 19.4. The minimum atomic E-state index is -0.163. The molecule has 0 spiro atoms. The molecule has 1 saturated carbocycles. The van der Waals surface area contributed by atoms with Gasteiger partial charge in [-0.3, -0.25) is 4.79 Å². The van der Waals surface area contributed by atoms with Gasteiger partial charge in [0.1, 0.15) is 0 Å². The minimum absolute atomic E-state index is 0.121. The zero-order valence-corrected chi connectivity index (χ0v) is 17.3. The first-order chi connectivity index (χ1) is 12.5. The fourth-order valence-corrected chi connectivity index (χ4v) is 4.51. The van der Waals surface area contributed by atoms with Crippen molar-refractivity contribution >= 4 is 5.97 Å². The summed E-state index contributed by atoms with van der Waals surface area (Å²) in [6.07, 6.45) is 17.2. The highest BCUT2D eigenvalue weighted by molar-refractivity contribution is 5.69. The van der Waals surface area contributed by atoms with E-state index < -0.39 is 0 Å². The summed E-state index contributed by atoms with van der Waals surface area (Å²) in [6, 6.07) is 0. The molecule has 5 unspecified atom stereocenters. The van der Waals surface area contributed by atoms with Crippen LogP contribution in [0.1, 0.15) is 78.6 Å². The number of carbonyl (C=O) groups is 1. The molecule has 0 saturated heterocycles. The average molecular weight is 365 g/mol. The molecule has 1 aliphatic carbocycles. The fraction of sp³-hybridized carbons (Fsp3) is 0.783. The quantitative estimate of drug-likeness (QED) is 0.275. The number of carbonyl (C=O) groups excluding carboxylic acids is 1. The van der Waals surface area contributed by atoms with Gasteiger partial charge in [-0.25, -0.2) is 0 Å². The minimum Gasteiger partial charge on any atom is -0.469 e. The molecule has 5 atom stereocenters. The SMILES string of the molecule is C/C=C/CCC(O)CCC1C(C)CC(C)C1C/C=C/CCCC(=O)OC. The molecule has 1 rings (SSSR count). The normalized spacial score (nSPS) is 27.4. The summed E-state index contributed by atoms with van der Waals surface area (Å²) in [6.45, 7) is 6.80. The van der Waals surface area contributed by atoms with Crippen molar-refractivity contribution in [3.05, 3.63) is 24.3 Å². The van der Waals surface area contributed by atoms with Crippen LogP contribution in [0.5, 0.6) is 0 Å². The number of hydrogen-bond acceptors (Lipinski definition) is 3. The van der Waals surface area contributed by atoms with Crippen molar-refractivity contribution in [3.8, 4) is 0 Å². The Morgan fingerprint density at radius 3 is 2.54 bits per heavy atom. The molecule has 3 heteroatoms. The summed E-state index contributed by atoms with van der Waals surface area (Å²) < 4.78 is 4.67. The third-order valence-corrected chi connectivity index (χ3v) is 6.05. The van der Waals surface area contributed by atoms with E-state index in [9.17, 15) is 9.90 Å². The number of methoxy groups -OCH3 is 1. The van der Waals surface area contributed by atoms with Gasteiger partial charge in [0, 0.05) is 6.42 Å². The van der Waals surface area contributed by atoms with Gasteiger partial charge in [-0.15, -0.1) is 0 Å². The number of hydrogen-bond donors (Lipinski definition) is 1. The van der Waals surface area contributed by atoms with Crippen LogP contribution in [0.15, 0.2) is 24.3 Å². The highest BCUT2D eigenvalue weighted by Crippen LogP contribution is 2.45. The van der Waals surface area contributed by atoms with Gasteiger partial charge in [0.2, 0.25) is 0 Å². The van der Waals surface area contributed by atoms with Crippen molar-refractivity contribution < 1.29 is 14.6 Å². The van der Waals surface area contributed by atoms with Crippen LogP contribution in [0.4, 0.5) is 0 Å². The van der Waals surface area contributed by atoms with Crippen molar-refractivity contribution in [2.24, 2.45) is 23.7 Å². The van der Waals surface area contributed by atoms with Gasteiger partial charge in [-0.05, 0) is 82.0 Å². The molecule has 1 N–H and O–H groups in total. The topological polar surface area (TPSA) is 46.5 Å². The Bertz CT molecular complexity index is 441. The van der Waals surface area contributed by atoms with E-state index in [-0.39, 0.29) is 12.1 Å². The summed E-state index contributed by atoms with van der Waals surface area (Å²) in [5, 5.41) is 10.2. The van der Waals surface area contributed by atoms with Crippen LogP contribution in [0, 0.1) is 23.7 Å². The summed E-state index contributed by atoms with van der Waals surface area (Å²) in [7, 11) is 1.44. The first-order valence-electron chi connectivity index (χ1n) is 10.5. The lowest BCUT2D eigenvalue weighted by atomic mass is 9.81. The highest BCUT2D eigenvalue weighted by Gasteiger charge is 2.37. The van der Waals surface area contributed by atoms with E-state index in [2.05, 4.69) is 42.9 Å². The van der Waals surface area contributed by atoms with Gasteiger partial charge < -0.3 is 9.84 Å². The molecule has 1 fully saturated rings. The van der Waals surface area contributed by atoms with Gasteiger partial charge in [0.25, 0.3) is 0 Å². The second-order valence-corrected chi connectivity index (χ2v) is 8.07. The van der Waals surface area contributed by atoms with E-state index in [1.165, 1.54) is 13.5 Å². The standard InChI is InChI=1S/C23H40O3/c1-5-6-9-12-20(24)15-16-22-19(3)17-18(2)21(22)13-10-7-8-11-14-23(25)26-4/h5-7,10,18-22,24H,8-9,11-17H2,1-4H3/b6-5+,10-7+. The molecule has 0 aromatic rings. The molecule has 0 aromatic heterocycles. The molecule has 150 valence electrons. The number of aliphatic hydroxyl groups excluding tert-OH is 1. The molecule has 0 heterocycles. The summed E-state index contributed by atoms with van der Waals surface area (Å²) in [5.74, 6) is 2.84. The average Bonchev–Trinajstić information content (AvgIpc) is 2.89. The fourth-order valence-electron chi connectivity index (χ4n) is 4.51. The van der Waals surface area contributed by atoms with Crippen LogP contribution >= 0.6 is 0 Å². The monoisotopic (exact) mass is 364 g/mol. The second-order valence-electron chi connectivity index (χ2n) is 8.07. The number of ether oxygens (including phenoxy) is 1. The number of aliphatic hydroxyl groups is 1. The number of unbranched alkanes of at least 4 members (excludes halogenated alkanes) is 1. The summed E-state index contributed by atoms with van der Waals surface area (Å²) in [5.41, 5.74) is 0.